The zero-order valence-corrected chi connectivity index (χ0v) is 16.6. The molecule has 1 aromatic heterocycles. The van der Waals surface area contributed by atoms with Crippen LogP contribution in [0.5, 0.6) is 0 Å². The molecule has 2 amide bonds. The summed E-state index contributed by atoms with van der Waals surface area (Å²) in [7, 11) is 0. The number of nitrogens with zero attached hydrogens (tertiary/aromatic N) is 2. The van der Waals surface area contributed by atoms with Crippen LogP contribution in [-0.2, 0) is 9.59 Å². The quantitative estimate of drug-likeness (QED) is 0.539. The Labute approximate surface area is 176 Å². The molecule has 0 aliphatic carbocycles. The molecule has 1 saturated heterocycles. The molecule has 29 heavy (non-hydrogen) atoms. The number of rotatable bonds is 4. The number of benzene rings is 2. The van der Waals surface area contributed by atoms with Crippen molar-refractivity contribution in [2.24, 2.45) is 0 Å². The van der Waals surface area contributed by atoms with E-state index in [0.717, 1.165) is 16.5 Å². The molecule has 2 atom stereocenters. The van der Waals surface area contributed by atoms with E-state index in [2.05, 4.69) is 4.98 Å². The summed E-state index contributed by atoms with van der Waals surface area (Å²) >= 11 is 11.8. The lowest BCUT2D eigenvalue weighted by atomic mass is 9.97. The van der Waals surface area contributed by atoms with E-state index < -0.39 is 23.7 Å². The van der Waals surface area contributed by atoms with Crippen molar-refractivity contribution in [2.45, 2.75) is 18.4 Å². The van der Waals surface area contributed by atoms with Crippen LogP contribution in [0.2, 0.25) is 10.0 Å². The molecule has 1 unspecified atom stereocenters. The van der Waals surface area contributed by atoms with Crippen molar-refractivity contribution in [1.29, 1.82) is 0 Å². The standard InChI is InChI=1S/C22H15Cl2FN2O2/c23-15-8-6-14(7-9-15)21(20-18(25)10-16(24)12-26-20)27-19(28)11-17(22(27)29)13-4-2-1-3-5-13/h1-10,12,17,21H,11H2/t17?,21-/m0/s1. The molecule has 2 heterocycles. The van der Waals surface area contributed by atoms with Gasteiger partial charge in [-0.3, -0.25) is 19.5 Å². The predicted molar refractivity (Wildman–Crippen MR) is 108 cm³/mol. The Hall–Kier alpha value is -2.76. The van der Waals surface area contributed by atoms with Gasteiger partial charge in [-0.1, -0.05) is 65.7 Å². The first-order valence-electron chi connectivity index (χ1n) is 8.93. The maximum absolute atomic E-state index is 14.8. The Bertz CT molecular complexity index is 1070. The second-order valence-electron chi connectivity index (χ2n) is 6.74. The number of hydrogen-bond donors (Lipinski definition) is 0. The van der Waals surface area contributed by atoms with Crippen molar-refractivity contribution in [3.63, 3.8) is 0 Å². The molecule has 1 fully saturated rings. The van der Waals surface area contributed by atoms with Crippen LogP contribution in [0.1, 0.15) is 35.2 Å². The minimum atomic E-state index is -1.02. The zero-order valence-electron chi connectivity index (χ0n) is 15.1. The smallest absolute Gasteiger partial charge is 0.238 e. The summed E-state index contributed by atoms with van der Waals surface area (Å²) in [6.45, 7) is 0. The highest BCUT2D eigenvalue weighted by molar-refractivity contribution is 6.30. The van der Waals surface area contributed by atoms with Crippen molar-refractivity contribution in [2.75, 3.05) is 0 Å². The maximum Gasteiger partial charge on any atom is 0.238 e. The molecule has 4 nitrogen and oxygen atoms in total. The fraction of sp³-hybridized carbons (Fsp3) is 0.136. The second-order valence-corrected chi connectivity index (χ2v) is 7.62. The largest absolute Gasteiger partial charge is 0.274 e. The molecule has 1 aliphatic heterocycles. The van der Waals surface area contributed by atoms with Crippen LogP contribution in [0, 0.1) is 5.82 Å². The number of carbonyl (C=O) groups excluding carboxylic acids is 2. The van der Waals surface area contributed by atoms with Crippen LogP contribution in [0.3, 0.4) is 0 Å². The summed E-state index contributed by atoms with van der Waals surface area (Å²) in [5, 5.41) is 0.612. The highest BCUT2D eigenvalue weighted by Crippen LogP contribution is 2.39. The molecule has 1 aliphatic rings. The average molecular weight is 429 g/mol. The molecule has 0 saturated carbocycles. The highest BCUT2D eigenvalue weighted by atomic mass is 35.5. The minimum Gasteiger partial charge on any atom is -0.274 e. The molecule has 2 aromatic carbocycles. The molecule has 4 rings (SSSR count). The fourth-order valence-electron chi connectivity index (χ4n) is 3.57. The van der Waals surface area contributed by atoms with Gasteiger partial charge in [0.25, 0.3) is 0 Å². The van der Waals surface area contributed by atoms with E-state index in [1.54, 1.807) is 36.4 Å². The number of pyridine rings is 1. The number of amides is 2. The Morgan fingerprint density at radius 1 is 1.00 bits per heavy atom. The summed E-state index contributed by atoms with van der Waals surface area (Å²) in [6.07, 6.45) is 1.31. The number of hydrogen-bond acceptors (Lipinski definition) is 3. The van der Waals surface area contributed by atoms with Crippen molar-refractivity contribution in [3.05, 3.63) is 99.5 Å². The Morgan fingerprint density at radius 3 is 2.34 bits per heavy atom. The fourth-order valence-corrected chi connectivity index (χ4v) is 3.84. The molecule has 0 radical (unpaired) electrons. The summed E-state index contributed by atoms with van der Waals surface area (Å²) in [5.41, 5.74) is 1.22. The van der Waals surface area contributed by atoms with Gasteiger partial charge in [0.05, 0.1) is 10.9 Å². The summed E-state index contributed by atoms with van der Waals surface area (Å²) < 4.78 is 14.8. The molecule has 3 aromatic rings. The van der Waals surface area contributed by atoms with Gasteiger partial charge in [-0.2, -0.15) is 0 Å². The number of likely N-dealkylation sites (tertiary alicyclic amines) is 1. The second kappa shape index (κ2) is 7.93. The Morgan fingerprint density at radius 2 is 1.69 bits per heavy atom. The van der Waals surface area contributed by atoms with Gasteiger partial charge in [0.15, 0.2) is 0 Å². The van der Waals surface area contributed by atoms with Gasteiger partial charge in [0.1, 0.15) is 17.6 Å². The van der Waals surface area contributed by atoms with Crippen LogP contribution >= 0.6 is 23.2 Å². The van der Waals surface area contributed by atoms with E-state index in [4.69, 9.17) is 23.2 Å². The molecule has 0 spiro atoms. The predicted octanol–water partition coefficient (Wildman–Crippen LogP) is 5.16. The molecular weight excluding hydrogens is 414 g/mol. The third-order valence-corrected chi connectivity index (χ3v) is 5.38. The molecular formula is C22H15Cl2FN2O2. The number of halogens is 3. The summed E-state index contributed by atoms with van der Waals surface area (Å²) in [4.78, 5) is 31.4. The SMILES string of the molecule is O=C1CC(c2ccccc2)C(=O)N1[C@@H](c1ccc(Cl)cc1)c1ncc(Cl)cc1F. The highest BCUT2D eigenvalue weighted by Gasteiger charge is 2.45. The lowest BCUT2D eigenvalue weighted by molar-refractivity contribution is -0.140. The number of imide groups is 1. The lowest BCUT2D eigenvalue weighted by Crippen LogP contribution is -2.36. The molecule has 7 heteroatoms. The third kappa shape index (κ3) is 3.76. The average Bonchev–Trinajstić information content (AvgIpc) is 3.00. The van der Waals surface area contributed by atoms with Gasteiger partial charge >= 0.3 is 0 Å². The first kappa shape index (κ1) is 19.6. The third-order valence-electron chi connectivity index (χ3n) is 4.92. The first-order chi connectivity index (χ1) is 14.0. The van der Waals surface area contributed by atoms with E-state index in [9.17, 15) is 14.0 Å². The normalized spacial score (nSPS) is 17.6. The zero-order chi connectivity index (χ0) is 20.5. The van der Waals surface area contributed by atoms with Gasteiger partial charge in [-0.15, -0.1) is 0 Å². The Kier molecular flexibility index (Phi) is 5.35. The van der Waals surface area contributed by atoms with Crippen LogP contribution in [-0.4, -0.2) is 21.7 Å². The van der Waals surface area contributed by atoms with E-state index in [0.29, 0.717) is 10.6 Å². The van der Waals surface area contributed by atoms with Crippen LogP contribution in [0.25, 0.3) is 0 Å². The van der Waals surface area contributed by atoms with Crippen molar-refractivity contribution in [1.82, 2.24) is 9.88 Å². The summed E-state index contributed by atoms with van der Waals surface area (Å²) in [5.74, 6) is -2.09. The van der Waals surface area contributed by atoms with Gasteiger partial charge in [-0.05, 0) is 29.3 Å². The van der Waals surface area contributed by atoms with E-state index in [1.807, 2.05) is 18.2 Å². The van der Waals surface area contributed by atoms with Crippen molar-refractivity contribution < 1.29 is 14.0 Å². The Balaban J connectivity index is 1.81. The van der Waals surface area contributed by atoms with Crippen molar-refractivity contribution in [3.8, 4) is 0 Å². The molecule has 146 valence electrons. The van der Waals surface area contributed by atoms with Crippen LogP contribution in [0.15, 0.2) is 66.9 Å². The summed E-state index contributed by atoms with van der Waals surface area (Å²) in [6, 6.07) is 15.7. The van der Waals surface area contributed by atoms with E-state index in [1.165, 1.54) is 6.20 Å². The van der Waals surface area contributed by atoms with Crippen molar-refractivity contribution >= 4 is 35.0 Å². The monoisotopic (exact) mass is 428 g/mol. The van der Waals surface area contributed by atoms with E-state index >= 15 is 0 Å². The first-order valence-corrected chi connectivity index (χ1v) is 9.68. The molecule has 0 N–H and O–H groups in total. The number of aromatic nitrogens is 1. The van der Waals surface area contributed by atoms with Gasteiger partial charge in [0.2, 0.25) is 11.8 Å². The van der Waals surface area contributed by atoms with Crippen LogP contribution < -0.4 is 0 Å². The number of carbonyl (C=O) groups is 2. The lowest BCUT2D eigenvalue weighted by Gasteiger charge is -2.27. The topological polar surface area (TPSA) is 50.3 Å². The molecule has 0 bridgehead atoms. The van der Waals surface area contributed by atoms with Crippen LogP contribution in [0.4, 0.5) is 4.39 Å². The van der Waals surface area contributed by atoms with Gasteiger partial charge in [-0.25, -0.2) is 4.39 Å². The maximum atomic E-state index is 14.8. The minimum absolute atomic E-state index is 0.0160. The van der Waals surface area contributed by atoms with E-state index in [-0.39, 0.29) is 23.0 Å². The van der Waals surface area contributed by atoms with Gasteiger partial charge in [0, 0.05) is 17.6 Å². The van der Waals surface area contributed by atoms with Gasteiger partial charge < -0.3 is 0 Å².